The van der Waals surface area contributed by atoms with E-state index in [1.807, 2.05) is 0 Å². The SMILES string of the molecule is CCCCCC(N)C(N)CCCC. The fourth-order valence-electron chi connectivity index (χ4n) is 1.50. The molecule has 0 fully saturated rings. The zero-order chi connectivity index (χ0) is 10.1. The predicted molar refractivity (Wildman–Crippen MR) is 59.6 cm³/mol. The molecule has 0 rings (SSSR count). The summed E-state index contributed by atoms with van der Waals surface area (Å²) in [5.74, 6) is 0. The van der Waals surface area contributed by atoms with Gasteiger partial charge in [-0.2, -0.15) is 0 Å². The average Bonchev–Trinajstić information content (AvgIpc) is 2.14. The summed E-state index contributed by atoms with van der Waals surface area (Å²) >= 11 is 0. The number of nitrogens with two attached hydrogens (primary N) is 2. The Morgan fingerprint density at radius 1 is 0.769 bits per heavy atom. The minimum atomic E-state index is 0.219. The smallest absolute Gasteiger partial charge is 0.0192 e. The van der Waals surface area contributed by atoms with Crippen molar-refractivity contribution >= 4 is 0 Å². The Labute approximate surface area is 83.1 Å². The molecule has 0 heterocycles. The molecule has 0 aromatic carbocycles. The third-order valence-corrected chi connectivity index (χ3v) is 2.58. The van der Waals surface area contributed by atoms with Gasteiger partial charge >= 0.3 is 0 Å². The molecule has 80 valence electrons. The van der Waals surface area contributed by atoms with E-state index < -0.39 is 0 Å². The van der Waals surface area contributed by atoms with Gasteiger partial charge in [0.2, 0.25) is 0 Å². The second-order valence-corrected chi connectivity index (χ2v) is 3.97. The number of hydrogen-bond acceptors (Lipinski definition) is 2. The third-order valence-electron chi connectivity index (χ3n) is 2.58. The van der Waals surface area contributed by atoms with E-state index in [1.165, 1.54) is 32.1 Å². The Morgan fingerprint density at radius 2 is 1.23 bits per heavy atom. The van der Waals surface area contributed by atoms with Crippen molar-refractivity contribution in [2.45, 2.75) is 70.9 Å². The molecule has 4 N–H and O–H groups in total. The molecular formula is C11H26N2. The van der Waals surface area contributed by atoms with E-state index >= 15 is 0 Å². The van der Waals surface area contributed by atoms with E-state index in [-0.39, 0.29) is 12.1 Å². The number of unbranched alkanes of at least 4 members (excludes halogenated alkanes) is 3. The lowest BCUT2D eigenvalue weighted by Crippen LogP contribution is -2.41. The van der Waals surface area contributed by atoms with E-state index in [2.05, 4.69) is 13.8 Å². The maximum Gasteiger partial charge on any atom is 0.0192 e. The standard InChI is InChI=1S/C11H26N2/c1-3-5-7-9-11(13)10(12)8-6-4-2/h10-11H,3-9,12-13H2,1-2H3. The van der Waals surface area contributed by atoms with Crippen molar-refractivity contribution in [1.29, 1.82) is 0 Å². The molecule has 0 spiro atoms. The second kappa shape index (κ2) is 8.52. The molecule has 2 unspecified atom stereocenters. The Bertz CT molecular complexity index is 104. The normalized spacial score (nSPS) is 15.7. The third kappa shape index (κ3) is 7.03. The predicted octanol–water partition coefficient (Wildman–Crippen LogP) is 2.41. The van der Waals surface area contributed by atoms with Crippen LogP contribution in [-0.2, 0) is 0 Å². The second-order valence-electron chi connectivity index (χ2n) is 3.97. The van der Waals surface area contributed by atoms with E-state index in [0.717, 1.165) is 12.8 Å². The molecule has 13 heavy (non-hydrogen) atoms. The number of hydrogen-bond donors (Lipinski definition) is 2. The fraction of sp³-hybridized carbons (Fsp3) is 1.00. The highest BCUT2D eigenvalue weighted by Gasteiger charge is 2.11. The van der Waals surface area contributed by atoms with Gasteiger partial charge in [0.1, 0.15) is 0 Å². The summed E-state index contributed by atoms with van der Waals surface area (Å²) in [7, 11) is 0. The van der Waals surface area contributed by atoms with Crippen LogP contribution in [0.3, 0.4) is 0 Å². The molecule has 0 aliphatic rings. The minimum Gasteiger partial charge on any atom is -0.326 e. The van der Waals surface area contributed by atoms with Crippen LogP contribution in [0.4, 0.5) is 0 Å². The zero-order valence-corrected chi connectivity index (χ0v) is 9.26. The van der Waals surface area contributed by atoms with Crippen LogP contribution in [-0.4, -0.2) is 12.1 Å². The van der Waals surface area contributed by atoms with Crippen molar-refractivity contribution in [2.24, 2.45) is 11.5 Å². The molecule has 0 saturated carbocycles. The topological polar surface area (TPSA) is 52.0 Å². The Kier molecular flexibility index (Phi) is 8.46. The zero-order valence-electron chi connectivity index (χ0n) is 9.26. The highest BCUT2D eigenvalue weighted by Crippen LogP contribution is 2.08. The summed E-state index contributed by atoms with van der Waals surface area (Å²) in [4.78, 5) is 0. The molecule has 0 bridgehead atoms. The highest BCUT2D eigenvalue weighted by molar-refractivity contribution is 4.75. The van der Waals surface area contributed by atoms with E-state index in [4.69, 9.17) is 11.5 Å². The van der Waals surface area contributed by atoms with Crippen molar-refractivity contribution in [3.63, 3.8) is 0 Å². The van der Waals surface area contributed by atoms with Gasteiger partial charge in [-0.1, -0.05) is 46.0 Å². The van der Waals surface area contributed by atoms with Gasteiger partial charge in [0.25, 0.3) is 0 Å². The first-order valence-corrected chi connectivity index (χ1v) is 5.73. The maximum atomic E-state index is 5.97. The van der Waals surface area contributed by atoms with Gasteiger partial charge < -0.3 is 11.5 Å². The van der Waals surface area contributed by atoms with E-state index in [0.29, 0.717) is 0 Å². The summed E-state index contributed by atoms with van der Waals surface area (Å²) in [6.07, 6.45) is 8.39. The molecule has 0 aromatic rings. The lowest BCUT2D eigenvalue weighted by molar-refractivity contribution is 0.441. The lowest BCUT2D eigenvalue weighted by Gasteiger charge is -2.19. The van der Waals surface area contributed by atoms with Gasteiger partial charge in [-0.15, -0.1) is 0 Å². The Balaban J connectivity index is 3.38. The first-order chi connectivity index (χ1) is 6.22. The van der Waals surface area contributed by atoms with Crippen molar-refractivity contribution in [2.75, 3.05) is 0 Å². The van der Waals surface area contributed by atoms with Crippen LogP contribution < -0.4 is 11.5 Å². The lowest BCUT2D eigenvalue weighted by atomic mass is 9.98. The van der Waals surface area contributed by atoms with Crippen LogP contribution in [0.2, 0.25) is 0 Å². The van der Waals surface area contributed by atoms with Crippen LogP contribution in [0, 0.1) is 0 Å². The number of rotatable bonds is 8. The van der Waals surface area contributed by atoms with Crippen molar-refractivity contribution < 1.29 is 0 Å². The fourth-order valence-corrected chi connectivity index (χ4v) is 1.50. The van der Waals surface area contributed by atoms with Gasteiger partial charge in [-0.25, -0.2) is 0 Å². The summed E-state index contributed by atoms with van der Waals surface area (Å²) in [5.41, 5.74) is 11.9. The Hall–Kier alpha value is -0.0800. The molecule has 0 aliphatic carbocycles. The minimum absolute atomic E-state index is 0.219. The van der Waals surface area contributed by atoms with Crippen molar-refractivity contribution in [3.8, 4) is 0 Å². The van der Waals surface area contributed by atoms with Gasteiger partial charge in [0, 0.05) is 12.1 Å². The molecule has 2 heteroatoms. The molecule has 0 amide bonds. The molecular weight excluding hydrogens is 160 g/mol. The largest absolute Gasteiger partial charge is 0.326 e. The van der Waals surface area contributed by atoms with Crippen LogP contribution in [0.15, 0.2) is 0 Å². The van der Waals surface area contributed by atoms with E-state index in [9.17, 15) is 0 Å². The summed E-state index contributed by atoms with van der Waals surface area (Å²) < 4.78 is 0. The molecule has 0 aliphatic heterocycles. The first kappa shape index (κ1) is 12.9. The van der Waals surface area contributed by atoms with Crippen molar-refractivity contribution in [1.82, 2.24) is 0 Å². The van der Waals surface area contributed by atoms with Gasteiger partial charge in [-0.3, -0.25) is 0 Å². The average molecular weight is 186 g/mol. The van der Waals surface area contributed by atoms with Crippen molar-refractivity contribution in [3.05, 3.63) is 0 Å². The molecule has 0 saturated heterocycles. The van der Waals surface area contributed by atoms with Crippen LogP contribution in [0.1, 0.15) is 58.8 Å². The first-order valence-electron chi connectivity index (χ1n) is 5.73. The van der Waals surface area contributed by atoms with Gasteiger partial charge in [0.15, 0.2) is 0 Å². The highest BCUT2D eigenvalue weighted by atomic mass is 14.8. The van der Waals surface area contributed by atoms with Crippen LogP contribution in [0.5, 0.6) is 0 Å². The molecule has 2 atom stereocenters. The van der Waals surface area contributed by atoms with Gasteiger partial charge in [-0.05, 0) is 12.8 Å². The van der Waals surface area contributed by atoms with Crippen LogP contribution >= 0.6 is 0 Å². The maximum absolute atomic E-state index is 5.97. The van der Waals surface area contributed by atoms with Crippen LogP contribution in [0.25, 0.3) is 0 Å². The quantitative estimate of drug-likeness (QED) is 0.572. The monoisotopic (exact) mass is 186 g/mol. The van der Waals surface area contributed by atoms with Gasteiger partial charge in [0.05, 0.1) is 0 Å². The molecule has 2 nitrogen and oxygen atoms in total. The Morgan fingerprint density at radius 3 is 1.69 bits per heavy atom. The van der Waals surface area contributed by atoms with E-state index in [1.54, 1.807) is 0 Å². The summed E-state index contributed by atoms with van der Waals surface area (Å²) in [6.45, 7) is 4.40. The molecule has 0 aromatic heterocycles. The molecule has 0 radical (unpaired) electrons. The summed E-state index contributed by atoms with van der Waals surface area (Å²) in [6, 6.07) is 0.440. The summed E-state index contributed by atoms with van der Waals surface area (Å²) in [5, 5.41) is 0.